The van der Waals surface area contributed by atoms with E-state index in [1.54, 1.807) is 0 Å². The van der Waals surface area contributed by atoms with E-state index in [1.165, 1.54) is 5.56 Å². The maximum atomic E-state index is 9.70. The van der Waals surface area contributed by atoms with Crippen LogP contribution in [-0.2, 0) is 19.4 Å². The highest BCUT2D eigenvalue weighted by Gasteiger charge is 2.24. The van der Waals surface area contributed by atoms with Gasteiger partial charge in [0, 0.05) is 11.3 Å². The molecule has 1 atom stereocenters. The van der Waals surface area contributed by atoms with Crippen molar-refractivity contribution in [3.05, 3.63) is 77.0 Å². The van der Waals surface area contributed by atoms with Gasteiger partial charge in [0.25, 0.3) is 0 Å². The molecule has 1 heterocycles. The molecular formula is C24H23N3O. The molecule has 0 saturated heterocycles. The molecule has 0 bridgehead atoms. The van der Waals surface area contributed by atoms with Crippen molar-refractivity contribution >= 4 is 5.82 Å². The van der Waals surface area contributed by atoms with E-state index in [1.807, 2.05) is 54.6 Å². The Kier molecular flexibility index (Phi) is 4.99. The van der Waals surface area contributed by atoms with Crippen LogP contribution in [0.4, 0.5) is 5.82 Å². The normalized spacial score (nSPS) is 15.5. The molecule has 1 aliphatic carbocycles. The van der Waals surface area contributed by atoms with Crippen molar-refractivity contribution in [1.29, 1.82) is 5.26 Å². The van der Waals surface area contributed by atoms with Crippen LogP contribution in [0.15, 0.2) is 54.6 Å². The summed E-state index contributed by atoms with van der Waals surface area (Å²) in [5, 5.41) is 9.70. The molecule has 0 radical (unpaired) electrons. The van der Waals surface area contributed by atoms with Crippen molar-refractivity contribution < 1.29 is 4.74 Å². The zero-order valence-corrected chi connectivity index (χ0v) is 16.0. The average Bonchev–Trinajstić information content (AvgIpc) is 2.73. The zero-order valence-electron chi connectivity index (χ0n) is 16.0. The summed E-state index contributed by atoms with van der Waals surface area (Å²) in [7, 11) is 0. The van der Waals surface area contributed by atoms with Crippen molar-refractivity contribution in [2.45, 2.75) is 32.8 Å². The van der Waals surface area contributed by atoms with Gasteiger partial charge in [0.05, 0.1) is 0 Å². The van der Waals surface area contributed by atoms with Crippen LogP contribution >= 0.6 is 0 Å². The summed E-state index contributed by atoms with van der Waals surface area (Å²) >= 11 is 0. The Labute approximate surface area is 165 Å². The molecule has 2 N–H and O–H groups in total. The Morgan fingerprint density at radius 3 is 2.61 bits per heavy atom. The van der Waals surface area contributed by atoms with Crippen LogP contribution in [0, 0.1) is 17.2 Å². The minimum Gasteiger partial charge on any atom is -0.489 e. The van der Waals surface area contributed by atoms with Gasteiger partial charge >= 0.3 is 0 Å². The molecule has 0 aliphatic heterocycles. The molecule has 2 aromatic carbocycles. The minimum absolute atomic E-state index is 0.329. The Hall–Kier alpha value is -3.32. The van der Waals surface area contributed by atoms with Gasteiger partial charge in [-0.1, -0.05) is 49.4 Å². The third-order valence-electron chi connectivity index (χ3n) is 5.34. The maximum Gasteiger partial charge on any atom is 0.142 e. The van der Waals surface area contributed by atoms with Crippen molar-refractivity contribution in [2.75, 3.05) is 5.73 Å². The fraction of sp³-hybridized carbons (Fsp3) is 0.250. The second kappa shape index (κ2) is 7.74. The minimum atomic E-state index is 0.329. The molecule has 4 nitrogen and oxygen atoms in total. The van der Waals surface area contributed by atoms with E-state index in [0.29, 0.717) is 23.9 Å². The van der Waals surface area contributed by atoms with Crippen molar-refractivity contribution in [1.82, 2.24) is 4.98 Å². The second-order valence-corrected chi connectivity index (χ2v) is 7.43. The first-order valence-electron chi connectivity index (χ1n) is 9.64. The topological polar surface area (TPSA) is 71.9 Å². The second-order valence-electron chi connectivity index (χ2n) is 7.43. The van der Waals surface area contributed by atoms with Gasteiger partial charge in [-0.05, 0) is 54.0 Å². The number of nitrogens with zero attached hydrogens (tertiary/aromatic N) is 2. The Bertz CT molecular complexity index is 1020. The average molecular weight is 369 g/mol. The van der Waals surface area contributed by atoms with E-state index < -0.39 is 0 Å². The number of nitrogen functional groups attached to an aromatic ring is 1. The third-order valence-corrected chi connectivity index (χ3v) is 5.34. The number of nitriles is 1. The Balaban J connectivity index is 1.65. The first-order valence-corrected chi connectivity index (χ1v) is 9.64. The molecule has 0 amide bonds. The van der Waals surface area contributed by atoms with Gasteiger partial charge < -0.3 is 10.5 Å². The van der Waals surface area contributed by atoms with Gasteiger partial charge in [-0.15, -0.1) is 0 Å². The van der Waals surface area contributed by atoms with Gasteiger partial charge in [0.15, 0.2) is 0 Å². The van der Waals surface area contributed by atoms with Crippen LogP contribution < -0.4 is 10.5 Å². The first kappa shape index (κ1) is 18.1. The van der Waals surface area contributed by atoms with E-state index in [4.69, 9.17) is 10.5 Å². The third kappa shape index (κ3) is 3.57. The van der Waals surface area contributed by atoms with E-state index in [-0.39, 0.29) is 0 Å². The van der Waals surface area contributed by atoms with Crippen LogP contribution in [0.5, 0.6) is 5.75 Å². The number of pyridine rings is 1. The number of fused-ring (bicyclic) bond motifs is 1. The molecule has 28 heavy (non-hydrogen) atoms. The standard InChI is InChI=1S/C24H23N3O/c1-16-7-12-22-20(13-16)23(21(14-25)24(26)27-22)18-8-10-19(11-9-18)28-15-17-5-3-2-4-6-17/h2-6,8-11,16H,7,12-13,15H2,1H3,(H2,26,27). The predicted octanol–water partition coefficient (Wildman–Crippen LogP) is 4.91. The molecule has 4 heteroatoms. The SMILES string of the molecule is CC1CCc2nc(N)c(C#N)c(-c3ccc(OCc4ccccc4)cc3)c2C1. The number of nitrogens with two attached hydrogens (primary N) is 1. The van der Waals surface area contributed by atoms with Crippen LogP contribution in [0.3, 0.4) is 0 Å². The van der Waals surface area contributed by atoms with Gasteiger partial charge in [0.1, 0.15) is 29.8 Å². The summed E-state index contributed by atoms with van der Waals surface area (Å²) in [6.07, 6.45) is 2.95. The molecule has 140 valence electrons. The number of anilines is 1. The zero-order chi connectivity index (χ0) is 19.5. The predicted molar refractivity (Wildman–Crippen MR) is 111 cm³/mol. The number of aromatic nitrogens is 1. The number of hydrogen-bond acceptors (Lipinski definition) is 4. The summed E-state index contributed by atoms with van der Waals surface area (Å²) in [6, 6.07) is 20.3. The van der Waals surface area contributed by atoms with Gasteiger partial charge in [-0.3, -0.25) is 0 Å². The van der Waals surface area contributed by atoms with E-state index in [9.17, 15) is 5.26 Å². The number of ether oxygens (including phenoxy) is 1. The molecule has 3 aromatic rings. The molecular weight excluding hydrogens is 346 g/mol. The van der Waals surface area contributed by atoms with Crippen LogP contribution in [-0.4, -0.2) is 4.98 Å². The summed E-state index contributed by atoms with van der Waals surface area (Å²) in [4.78, 5) is 4.52. The maximum absolute atomic E-state index is 9.70. The van der Waals surface area contributed by atoms with Gasteiger partial charge in [0.2, 0.25) is 0 Å². The molecule has 1 aliphatic rings. The molecule has 0 fully saturated rings. The first-order chi connectivity index (χ1) is 13.7. The highest BCUT2D eigenvalue weighted by atomic mass is 16.5. The Morgan fingerprint density at radius 1 is 1.14 bits per heavy atom. The van der Waals surface area contributed by atoms with E-state index in [0.717, 1.165) is 47.4 Å². The molecule has 1 aromatic heterocycles. The van der Waals surface area contributed by atoms with Crippen LogP contribution in [0.2, 0.25) is 0 Å². The largest absolute Gasteiger partial charge is 0.489 e. The van der Waals surface area contributed by atoms with Crippen molar-refractivity contribution in [3.63, 3.8) is 0 Å². The molecule has 0 saturated carbocycles. The fourth-order valence-corrected chi connectivity index (χ4v) is 3.84. The fourth-order valence-electron chi connectivity index (χ4n) is 3.84. The summed E-state index contributed by atoms with van der Waals surface area (Å²) in [6.45, 7) is 2.77. The van der Waals surface area contributed by atoms with Crippen LogP contribution in [0.25, 0.3) is 11.1 Å². The number of hydrogen-bond donors (Lipinski definition) is 1. The smallest absolute Gasteiger partial charge is 0.142 e. The quantitative estimate of drug-likeness (QED) is 0.709. The number of benzene rings is 2. The lowest BCUT2D eigenvalue weighted by molar-refractivity contribution is 0.306. The van der Waals surface area contributed by atoms with Crippen molar-refractivity contribution in [2.24, 2.45) is 5.92 Å². The van der Waals surface area contributed by atoms with Gasteiger partial charge in [-0.25, -0.2) is 4.98 Å². The lowest BCUT2D eigenvalue weighted by Crippen LogP contribution is -2.16. The summed E-state index contributed by atoms with van der Waals surface area (Å²) in [5.74, 6) is 1.71. The lowest BCUT2D eigenvalue weighted by atomic mass is 9.82. The highest BCUT2D eigenvalue weighted by molar-refractivity contribution is 5.79. The summed E-state index contributed by atoms with van der Waals surface area (Å²) in [5.41, 5.74) is 11.8. The Morgan fingerprint density at radius 2 is 1.89 bits per heavy atom. The molecule has 0 spiro atoms. The van der Waals surface area contributed by atoms with E-state index in [2.05, 4.69) is 18.0 Å². The summed E-state index contributed by atoms with van der Waals surface area (Å²) < 4.78 is 5.89. The number of aryl methyl sites for hydroxylation is 1. The monoisotopic (exact) mass is 369 g/mol. The van der Waals surface area contributed by atoms with E-state index >= 15 is 0 Å². The van der Waals surface area contributed by atoms with Gasteiger partial charge in [-0.2, -0.15) is 5.26 Å². The molecule has 1 unspecified atom stereocenters. The van der Waals surface area contributed by atoms with Crippen LogP contribution in [0.1, 0.15) is 35.7 Å². The highest BCUT2D eigenvalue weighted by Crippen LogP contribution is 2.37. The van der Waals surface area contributed by atoms with Crippen molar-refractivity contribution in [3.8, 4) is 22.9 Å². The molecule has 4 rings (SSSR count). The number of rotatable bonds is 4. The lowest BCUT2D eigenvalue weighted by Gasteiger charge is -2.25.